The van der Waals surface area contributed by atoms with Crippen molar-refractivity contribution in [3.05, 3.63) is 47.5 Å². The Balaban J connectivity index is 2.59. The average Bonchev–Trinajstić information content (AvgIpc) is 2.28. The van der Waals surface area contributed by atoms with Crippen LogP contribution in [0.1, 0.15) is 11.1 Å². The van der Waals surface area contributed by atoms with Gasteiger partial charge in [0.25, 0.3) is 0 Å². The predicted molar refractivity (Wildman–Crippen MR) is 70.5 cm³/mol. The number of benzene rings is 1. The van der Waals surface area contributed by atoms with Crippen molar-refractivity contribution in [3.8, 4) is 6.07 Å². The zero-order chi connectivity index (χ0) is 12.0. The van der Waals surface area contributed by atoms with Gasteiger partial charge in [0, 0.05) is 18.8 Å². The van der Waals surface area contributed by atoms with Gasteiger partial charge in [-0.3, -0.25) is 4.90 Å². The Morgan fingerprint density at radius 2 is 2.31 bits per heavy atom. The molecule has 84 valence electrons. The first-order chi connectivity index (χ1) is 7.65. The lowest BCUT2D eigenvalue weighted by molar-refractivity contribution is 0.356. The maximum Gasteiger partial charge on any atom is 0.0991 e. The van der Waals surface area contributed by atoms with Gasteiger partial charge < -0.3 is 0 Å². The second-order valence-electron chi connectivity index (χ2n) is 3.89. The molecule has 0 aliphatic carbocycles. The van der Waals surface area contributed by atoms with Crippen molar-refractivity contribution in [3.63, 3.8) is 0 Å². The molecule has 1 aromatic rings. The molecule has 0 spiro atoms. The van der Waals surface area contributed by atoms with Crippen molar-refractivity contribution in [2.45, 2.75) is 6.54 Å². The van der Waals surface area contributed by atoms with Crippen LogP contribution >= 0.6 is 12.6 Å². The monoisotopic (exact) mass is 232 g/mol. The number of thiol groups is 1. The third kappa shape index (κ3) is 4.09. The van der Waals surface area contributed by atoms with Gasteiger partial charge in [0.15, 0.2) is 0 Å². The highest BCUT2D eigenvalue weighted by Crippen LogP contribution is 2.08. The molecule has 0 aromatic heterocycles. The van der Waals surface area contributed by atoms with E-state index in [1.165, 1.54) is 0 Å². The number of hydrogen-bond donors (Lipinski definition) is 1. The van der Waals surface area contributed by atoms with E-state index in [1.54, 1.807) is 0 Å². The van der Waals surface area contributed by atoms with Gasteiger partial charge in [-0.15, -0.1) is 0 Å². The zero-order valence-corrected chi connectivity index (χ0v) is 10.4. The van der Waals surface area contributed by atoms with Crippen LogP contribution in [0.3, 0.4) is 0 Å². The van der Waals surface area contributed by atoms with Gasteiger partial charge in [0.1, 0.15) is 0 Å². The summed E-state index contributed by atoms with van der Waals surface area (Å²) in [6, 6.07) is 9.82. The average molecular weight is 232 g/mol. The number of hydrogen-bond acceptors (Lipinski definition) is 3. The molecule has 0 atom stereocenters. The molecule has 0 fully saturated rings. The van der Waals surface area contributed by atoms with E-state index < -0.39 is 0 Å². The number of rotatable bonds is 5. The van der Waals surface area contributed by atoms with E-state index in [9.17, 15) is 0 Å². The summed E-state index contributed by atoms with van der Waals surface area (Å²) in [7, 11) is 2.04. The fraction of sp³-hybridized carbons (Fsp3) is 0.308. The lowest BCUT2D eigenvalue weighted by Crippen LogP contribution is -2.20. The Bertz CT molecular complexity index is 407. The molecule has 1 aromatic carbocycles. The summed E-state index contributed by atoms with van der Waals surface area (Å²) in [6.45, 7) is 5.57. The quantitative estimate of drug-likeness (QED) is 0.623. The Morgan fingerprint density at radius 3 is 2.94 bits per heavy atom. The van der Waals surface area contributed by atoms with Gasteiger partial charge in [-0.1, -0.05) is 24.3 Å². The fourth-order valence-electron chi connectivity index (χ4n) is 1.54. The van der Waals surface area contributed by atoms with Crippen molar-refractivity contribution in [2.75, 3.05) is 19.3 Å². The van der Waals surface area contributed by atoms with Gasteiger partial charge in [-0.2, -0.15) is 17.9 Å². The molecule has 0 saturated heterocycles. The van der Waals surface area contributed by atoms with E-state index in [0.717, 1.165) is 24.2 Å². The molecular weight excluding hydrogens is 216 g/mol. The van der Waals surface area contributed by atoms with E-state index in [4.69, 9.17) is 5.26 Å². The van der Waals surface area contributed by atoms with Crippen LogP contribution in [0.15, 0.2) is 36.4 Å². The molecule has 2 nitrogen and oxygen atoms in total. The van der Waals surface area contributed by atoms with Gasteiger partial charge in [0.2, 0.25) is 0 Å². The maximum absolute atomic E-state index is 8.79. The highest BCUT2D eigenvalue weighted by atomic mass is 32.1. The van der Waals surface area contributed by atoms with Crippen molar-refractivity contribution in [2.24, 2.45) is 0 Å². The Kier molecular flexibility index (Phi) is 5.10. The molecule has 1 rings (SSSR count). The van der Waals surface area contributed by atoms with Crippen LogP contribution in [-0.4, -0.2) is 24.2 Å². The van der Waals surface area contributed by atoms with E-state index in [1.807, 2.05) is 31.3 Å². The lowest BCUT2D eigenvalue weighted by atomic mass is 10.1. The van der Waals surface area contributed by atoms with Gasteiger partial charge in [-0.05, 0) is 24.7 Å². The van der Waals surface area contributed by atoms with Crippen LogP contribution in [0, 0.1) is 11.3 Å². The minimum Gasteiger partial charge on any atom is -0.298 e. The first-order valence-electron chi connectivity index (χ1n) is 5.11. The maximum atomic E-state index is 8.79. The molecular formula is C13H16N2S. The molecule has 0 aliphatic heterocycles. The standard InChI is InChI=1S/C13H16N2S/c1-11(10-16)8-15(2)9-13-5-3-4-12(6-13)7-14/h3-6,16H,1,8-10H2,2H3. The summed E-state index contributed by atoms with van der Waals surface area (Å²) in [5.41, 5.74) is 2.95. The summed E-state index contributed by atoms with van der Waals surface area (Å²) in [5.74, 6) is 0.711. The molecule has 0 aliphatic rings. The van der Waals surface area contributed by atoms with E-state index in [0.29, 0.717) is 11.3 Å². The molecule has 0 saturated carbocycles. The molecule has 3 heteroatoms. The number of likely N-dealkylation sites (N-methyl/N-ethyl adjacent to an activating group) is 1. The van der Waals surface area contributed by atoms with E-state index >= 15 is 0 Å². The second-order valence-corrected chi connectivity index (χ2v) is 4.21. The molecule has 0 N–H and O–H groups in total. The second kappa shape index (κ2) is 6.37. The Hall–Kier alpha value is -1.24. The smallest absolute Gasteiger partial charge is 0.0991 e. The van der Waals surface area contributed by atoms with Gasteiger partial charge >= 0.3 is 0 Å². The number of nitrogens with zero attached hydrogens (tertiary/aromatic N) is 2. The summed E-state index contributed by atoms with van der Waals surface area (Å²) in [5, 5.41) is 8.79. The minimum atomic E-state index is 0.707. The Morgan fingerprint density at radius 1 is 1.56 bits per heavy atom. The summed E-state index contributed by atoms with van der Waals surface area (Å²) < 4.78 is 0. The van der Waals surface area contributed by atoms with Crippen molar-refractivity contribution < 1.29 is 0 Å². The largest absolute Gasteiger partial charge is 0.298 e. The van der Waals surface area contributed by atoms with Crippen LogP contribution in [0.4, 0.5) is 0 Å². The third-order valence-electron chi connectivity index (χ3n) is 2.23. The highest BCUT2D eigenvalue weighted by Gasteiger charge is 2.02. The molecule has 0 heterocycles. The first kappa shape index (κ1) is 12.8. The summed E-state index contributed by atoms with van der Waals surface area (Å²) in [4.78, 5) is 2.16. The molecule has 16 heavy (non-hydrogen) atoms. The topological polar surface area (TPSA) is 27.0 Å². The SMILES string of the molecule is C=C(CS)CN(C)Cc1cccc(C#N)c1. The minimum absolute atomic E-state index is 0.707. The fourth-order valence-corrected chi connectivity index (χ4v) is 1.64. The van der Waals surface area contributed by atoms with Crippen molar-refractivity contribution >= 4 is 12.6 Å². The Labute approximate surface area is 103 Å². The molecule has 0 unspecified atom stereocenters. The van der Waals surface area contributed by atoms with E-state index in [-0.39, 0.29) is 0 Å². The number of nitriles is 1. The van der Waals surface area contributed by atoms with E-state index in [2.05, 4.69) is 30.2 Å². The summed E-state index contributed by atoms with van der Waals surface area (Å²) in [6.07, 6.45) is 0. The highest BCUT2D eigenvalue weighted by molar-refractivity contribution is 7.80. The molecule has 0 radical (unpaired) electrons. The van der Waals surface area contributed by atoms with Gasteiger partial charge in [0.05, 0.1) is 11.6 Å². The normalized spacial score (nSPS) is 10.1. The van der Waals surface area contributed by atoms with Crippen LogP contribution in [-0.2, 0) is 6.54 Å². The van der Waals surface area contributed by atoms with Crippen LogP contribution in [0.2, 0.25) is 0 Å². The van der Waals surface area contributed by atoms with Crippen LogP contribution < -0.4 is 0 Å². The third-order valence-corrected chi connectivity index (χ3v) is 2.67. The zero-order valence-electron chi connectivity index (χ0n) is 9.48. The molecule has 0 bridgehead atoms. The van der Waals surface area contributed by atoms with Crippen molar-refractivity contribution in [1.29, 1.82) is 5.26 Å². The molecule has 0 amide bonds. The first-order valence-corrected chi connectivity index (χ1v) is 5.74. The van der Waals surface area contributed by atoms with Crippen LogP contribution in [0.5, 0.6) is 0 Å². The summed E-state index contributed by atoms with van der Waals surface area (Å²) >= 11 is 4.18. The van der Waals surface area contributed by atoms with Gasteiger partial charge in [-0.25, -0.2) is 0 Å². The predicted octanol–water partition coefficient (Wildman–Crippen LogP) is 2.48. The van der Waals surface area contributed by atoms with Crippen molar-refractivity contribution in [1.82, 2.24) is 4.90 Å². The van der Waals surface area contributed by atoms with Crippen LogP contribution in [0.25, 0.3) is 0 Å². The lowest BCUT2D eigenvalue weighted by Gasteiger charge is -2.17.